The van der Waals surface area contributed by atoms with Crippen molar-refractivity contribution in [2.24, 2.45) is 5.73 Å². The number of aromatic nitrogens is 1. The standard InChI is InChI=1S/C18H19N3O4/c1-11-7-12(9-19)8-16(20-11)25-15-4-2-3-14-13(15)5-6-17(22)21(14)10-18(23)24/h2-4,7-8H,5-6,9-10,19H2,1H3,(H,23,24). The molecule has 1 amide bonds. The third-order valence-corrected chi connectivity index (χ3v) is 4.02. The van der Waals surface area contributed by atoms with Gasteiger partial charge in [-0.05, 0) is 37.1 Å². The highest BCUT2D eigenvalue weighted by molar-refractivity contribution is 6.00. The van der Waals surface area contributed by atoms with E-state index in [1.807, 2.05) is 13.0 Å². The van der Waals surface area contributed by atoms with Gasteiger partial charge in [0, 0.05) is 30.3 Å². The molecular weight excluding hydrogens is 322 g/mol. The van der Waals surface area contributed by atoms with Gasteiger partial charge in [-0.2, -0.15) is 0 Å². The molecule has 1 aliphatic heterocycles. The second-order valence-corrected chi connectivity index (χ2v) is 5.89. The van der Waals surface area contributed by atoms with Crippen molar-refractivity contribution in [3.63, 3.8) is 0 Å². The number of aryl methyl sites for hydroxylation is 1. The van der Waals surface area contributed by atoms with Crippen LogP contribution in [-0.2, 0) is 22.6 Å². The average molecular weight is 341 g/mol. The molecular formula is C18H19N3O4. The molecule has 7 nitrogen and oxygen atoms in total. The number of fused-ring (bicyclic) bond motifs is 1. The second kappa shape index (κ2) is 6.90. The number of rotatable bonds is 5. The van der Waals surface area contributed by atoms with Crippen LogP contribution in [0.3, 0.4) is 0 Å². The van der Waals surface area contributed by atoms with Gasteiger partial charge >= 0.3 is 5.97 Å². The predicted octanol–water partition coefficient (Wildman–Crippen LogP) is 2.00. The third kappa shape index (κ3) is 3.61. The van der Waals surface area contributed by atoms with Gasteiger partial charge < -0.3 is 20.5 Å². The number of nitrogens with zero attached hydrogens (tertiary/aromatic N) is 2. The van der Waals surface area contributed by atoms with Crippen LogP contribution in [0, 0.1) is 6.92 Å². The van der Waals surface area contributed by atoms with Crippen LogP contribution in [0.1, 0.15) is 23.2 Å². The number of amides is 1. The molecule has 0 spiro atoms. The third-order valence-electron chi connectivity index (χ3n) is 4.02. The summed E-state index contributed by atoms with van der Waals surface area (Å²) in [5, 5.41) is 9.05. The molecule has 0 bridgehead atoms. The molecule has 25 heavy (non-hydrogen) atoms. The Morgan fingerprint density at radius 2 is 2.16 bits per heavy atom. The molecule has 2 aromatic rings. The maximum Gasteiger partial charge on any atom is 0.323 e. The zero-order valence-corrected chi connectivity index (χ0v) is 13.9. The maximum atomic E-state index is 12.1. The number of carboxylic acid groups (broad SMARTS) is 1. The highest BCUT2D eigenvalue weighted by Gasteiger charge is 2.28. The van der Waals surface area contributed by atoms with Gasteiger partial charge in [0.15, 0.2) is 0 Å². The number of carbonyl (C=O) groups excluding carboxylic acids is 1. The molecule has 0 fully saturated rings. The first kappa shape index (κ1) is 16.9. The summed E-state index contributed by atoms with van der Waals surface area (Å²) >= 11 is 0. The fourth-order valence-corrected chi connectivity index (χ4v) is 2.95. The van der Waals surface area contributed by atoms with E-state index in [0.29, 0.717) is 30.3 Å². The van der Waals surface area contributed by atoms with Gasteiger partial charge in [0.05, 0.1) is 5.69 Å². The summed E-state index contributed by atoms with van der Waals surface area (Å²) in [6.07, 6.45) is 0.742. The molecule has 0 saturated heterocycles. The summed E-state index contributed by atoms with van der Waals surface area (Å²) in [6.45, 7) is 1.88. The van der Waals surface area contributed by atoms with E-state index in [4.69, 9.17) is 15.6 Å². The van der Waals surface area contributed by atoms with E-state index >= 15 is 0 Å². The minimum Gasteiger partial charge on any atom is -0.480 e. The molecule has 1 aromatic carbocycles. The van der Waals surface area contributed by atoms with Crippen molar-refractivity contribution in [3.05, 3.63) is 47.2 Å². The second-order valence-electron chi connectivity index (χ2n) is 5.89. The number of nitrogens with two attached hydrogens (primary N) is 1. The SMILES string of the molecule is Cc1cc(CN)cc(Oc2cccc3c2CCC(=O)N3CC(=O)O)n1. The van der Waals surface area contributed by atoms with Crippen molar-refractivity contribution in [1.29, 1.82) is 0 Å². The van der Waals surface area contributed by atoms with E-state index in [1.54, 1.807) is 24.3 Å². The van der Waals surface area contributed by atoms with Gasteiger partial charge in [0.1, 0.15) is 12.3 Å². The van der Waals surface area contributed by atoms with E-state index in [-0.39, 0.29) is 18.9 Å². The van der Waals surface area contributed by atoms with Gasteiger partial charge in [-0.1, -0.05) is 6.07 Å². The fourth-order valence-electron chi connectivity index (χ4n) is 2.95. The van der Waals surface area contributed by atoms with Crippen molar-refractivity contribution in [2.75, 3.05) is 11.4 Å². The molecule has 130 valence electrons. The molecule has 0 atom stereocenters. The van der Waals surface area contributed by atoms with E-state index in [9.17, 15) is 9.59 Å². The number of anilines is 1. The summed E-state index contributed by atoms with van der Waals surface area (Å²) < 4.78 is 5.94. The Kier molecular flexibility index (Phi) is 4.67. The van der Waals surface area contributed by atoms with Crippen molar-refractivity contribution in [2.45, 2.75) is 26.3 Å². The first-order chi connectivity index (χ1) is 12.0. The van der Waals surface area contributed by atoms with Gasteiger partial charge in [-0.15, -0.1) is 0 Å². The Hall–Kier alpha value is -2.93. The number of hydrogen-bond donors (Lipinski definition) is 2. The van der Waals surface area contributed by atoms with E-state index < -0.39 is 5.97 Å². The highest BCUT2D eigenvalue weighted by atomic mass is 16.5. The Labute approximate surface area is 145 Å². The molecule has 1 aromatic heterocycles. The molecule has 1 aliphatic rings. The van der Waals surface area contributed by atoms with Gasteiger partial charge in [-0.3, -0.25) is 9.59 Å². The summed E-state index contributed by atoms with van der Waals surface area (Å²) in [6, 6.07) is 8.92. The summed E-state index contributed by atoms with van der Waals surface area (Å²) in [5.41, 5.74) is 8.78. The molecule has 2 heterocycles. The van der Waals surface area contributed by atoms with E-state index in [2.05, 4.69) is 4.98 Å². The van der Waals surface area contributed by atoms with Crippen LogP contribution < -0.4 is 15.4 Å². The van der Waals surface area contributed by atoms with Gasteiger partial charge in [-0.25, -0.2) is 4.98 Å². The maximum absolute atomic E-state index is 12.1. The molecule has 3 rings (SSSR count). The minimum absolute atomic E-state index is 0.203. The minimum atomic E-state index is -1.06. The van der Waals surface area contributed by atoms with Crippen LogP contribution in [0.2, 0.25) is 0 Å². The Morgan fingerprint density at radius 3 is 2.88 bits per heavy atom. The fraction of sp³-hybridized carbons (Fsp3) is 0.278. The normalized spacial score (nSPS) is 13.5. The lowest BCUT2D eigenvalue weighted by molar-refractivity contribution is -0.136. The van der Waals surface area contributed by atoms with Crippen LogP contribution in [0.25, 0.3) is 0 Å². The van der Waals surface area contributed by atoms with E-state index in [1.165, 1.54) is 4.90 Å². The lowest BCUT2D eigenvalue weighted by Gasteiger charge is -2.29. The molecule has 3 N–H and O–H groups in total. The lowest BCUT2D eigenvalue weighted by Crippen LogP contribution is -2.39. The summed E-state index contributed by atoms with van der Waals surface area (Å²) in [4.78, 5) is 28.8. The van der Waals surface area contributed by atoms with E-state index in [0.717, 1.165) is 16.8 Å². The van der Waals surface area contributed by atoms with Crippen molar-refractivity contribution in [1.82, 2.24) is 4.98 Å². The van der Waals surface area contributed by atoms with Gasteiger partial charge in [0.25, 0.3) is 0 Å². The summed E-state index contributed by atoms with van der Waals surface area (Å²) in [7, 11) is 0. The molecule has 0 aliphatic carbocycles. The van der Waals surface area contributed by atoms with Crippen LogP contribution in [0.15, 0.2) is 30.3 Å². The first-order valence-electron chi connectivity index (χ1n) is 7.97. The van der Waals surface area contributed by atoms with Crippen LogP contribution in [-0.4, -0.2) is 28.5 Å². The predicted molar refractivity (Wildman–Crippen MR) is 91.7 cm³/mol. The zero-order chi connectivity index (χ0) is 18.0. The van der Waals surface area contributed by atoms with Crippen molar-refractivity contribution < 1.29 is 19.4 Å². The van der Waals surface area contributed by atoms with Crippen LogP contribution in [0.4, 0.5) is 5.69 Å². The van der Waals surface area contributed by atoms with Crippen LogP contribution >= 0.6 is 0 Å². The Morgan fingerprint density at radius 1 is 1.36 bits per heavy atom. The largest absolute Gasteiger partial charge is 0.480 e. The number of ether oxygens (including phenoxy) is 1. The molecule has 0 saturated carbocycles. The number of hydrogen-bond acceptors (Lipinski definition) is 5. The van der Waals surface area contributed by atoms with Gasteiger partial charge in [0.2, 0.25) is 11.8 Å². The first-order valence-corrected chi connectivity index (χ1v) is 7.97. The topological polar surface area (TPSA) is 106 Å². The highest BCUT2D eigenvalue weighted by Crippen LogP contribution is 2.36. The number of aliphatic carboxylic acids is 1. The average Bonchev–Trinajstić information content (AvgIpc) is 2.57. The number of carboxylic acids is 1. The Balaban J connectivity index is 1.97. The zero-order valence-electron chi connectivity index (χ0n) is 13.9. The summed E-state index contributed by atoms with van der Waals surface area (Å²) in [5.74, 6) is -0.261. The van der Waals surface area contributed by atoms with Crippen molar-refractivity contribution in [3.8, 4) is 11.6 Å². The molecule has 0 radical (unpaired) electrons. The smallest absolute Gasteiger partial charge is 0.323 e. The van der Waals surface area contributed by atoms with Crippen molar-refractivity contribution >= 4 is 17.6 Å². The number of pyridine rings is 1. The number of carbonyl (C=O) groups is 2. The number of benzene rings is 1. The Bertz CT molecular complexity index is 835. The monoisotopic (exact) mass is 341 g/mol. The van der Waals surface area contributed by atoms with Crippen LogP contribution in [0.5, 0.6) is 11.6 Å². The molecule has 7 heteroatoms. The quantitative estimate of drug-likeness (QED) is 0.862. The lowest BCUT2D eigenvalue weighted by atomic mass is 10.00. The molecule has 0 unspecified atom stereocenters.